The molecule has 1 heterocycles. The van der Waals surface area contributed by atoms with Gasteiger partial charge in [0.1, 0.15) is 0 Å². The molecule has 0 radical (unpaired) electrons. The molecule has 1 aromatic heterocycles. The van der Waals surface area contributed by atoms with E-state index in [0.717, 1.165) is 33.8 Å². The summed E-state index contributed by atoms with van der Waals surface area (Å²) < 4.78 is 0.795. The predicted molar refractivity (Wildman–Crippen MR) is 89.3 cm³/mol. The number of thiophene rings is 1. The Morgan fingerprint density at radius 2 is 2.14 bits per heavy atom. The Kier molecular flexibility index (Phi) is 5.04. The van der Waals surface area contributed by atoms with E-state index in [2.05, 4.69) is 11.0 Å². The van der Waals surface area contributed by atoms with Crippen LogP contribution >= 0.6 is 22.9 Å². The maximum atomic E-state index is 10.6. The minimum atomic E-state index is -0.940. The zero-order chi connectivity index (χ0) is 15.4. The van der Waals surface area contributed by atoms with Gasteiger partial charge in [0.25, 0.3) is 0 Å². The van der Waals surface area contributed by atoms with Gasteiger partial charge in [0.05, 0.1) is 10.9 Å². The molecule has 1 N–H and O–H groups in total. The third-order valence-corrected chi connectivity index (χ3v) is 4.34. The van der Waals surface area contributed by atoms with Crippen molar-refractivity contribution in [1.82, 2.24) is 0 Å². The van der Waals surface area contributed by atoms with Gasteiger partial charge in [-0.2, -0.15) is 0 Å². The lowest BCUT2D eigenvalue weighted by molar-refractivity contribution is -0.131. The second-order valence-corrected chi connectivity index (χ2v) is 6.57. The van der Waals surface area contributed by atoms with Gasteiger partial charge in [-0.25, -0.2) is 4.79 Å². The first-order valence-corrected chi connectivity index (χ1v) is 7.62. The van der Waals surface area contributed by atoms with Crippen molar-refractivity contribution in [3.05, 3.63) is 56.7 Å². The number of carboxylic acid groups (broad SMARTS) is 1. The number of nitrogens with zero attached hydrogens (tertiary/aromatic N) is 1. The number of halogens is 1. The molecule has 21 heavy (non-hydrogen) atoms. The monoisotopic (exact) mass is 321 g/mol. The molecule has 0 aliphatic rings. The normalized spacial score (nSPS) is 11.0. The molecule has 0 aliphatic carbocycles. The molecule has 0 unspecified atom stereocenters. The molecule has 3 nitrogen and oxygen atoms in total. The van der Waals surface area contributed by atoms with Crippen molar-refractivity contribution in [3.63, 3.8) is 0 Å². The Bertz CT molecular complexity index is 679. The number of hydrogen-bond donors (Lipinski definition) is 1. The Morgan fingerprint density at radius 3 is 2.71 bits per heavy atom. The number of aliphatic carboxylic acids is 1. The number of anilines is 1. The average molecular weight is 322 g/mol. The van der Waals surface area contributed by atoms with Crippen LogP contribution in [0.2, 0.25) is 4.34 Å². The summed E-state index contributed by atoms with van der Waals surface area (Å²) in [5.41, 5.74) is 3.04. The Hall–Kier alpha value is -1.78. The Morgan fingerprint density at radius 1 is 1.38 bits per heavy atom. The van der Waals surface area contributed by atoms with E-state index in [1.54, 1.807) is 17.4 Å². The second kappa shape index (κ2) is 6.78. The highest BCUT2D eigenvalue weighted by Gasteiger charge is 2.06. The lowest BCUT2D eigenvalue weighted by Gasteiger charge is -2.19. The van der Waals surface area contributed by atoms with Crippen molar-refractivity contribution < 1.29 is 9.90 Å². The smallest absolute Gasteiger partial charge is 0.328 e. The Balaban J connectivity index is 2.13. The molecule has 0 amide bonds. The molecular formula is C16H16ClNO2S. The molecule has 5 heteroatoms. The van der Waals surface area contributed by atoms with Crippen LogP contribution in [0.15, 0.2) is 36.4 Å². The maximum absolute atomic E-state index is 10.6. The van der Waals surface area contributed by atoms with Crippen molar-refractivity contribution >= 4 is 40.7 Å². The molecule has 2 aromatic rings. The summed E-state index contributed by atoms with van der Waals surface area (Å²) in [6, 6.07) is 9.91. The quantitative estimate of drug-likeness (QED) is 0.827. The second-order valence-electron chi connectivity index (χ2n) is 4.77. The summed E-state index contributed by atoms with van der Waals surface area (Å²) in [7, 11) is 2.02. The first kappa shape index (κ1) is 15.6. The summed E-state index contributed by atoms with van der Waals surface area (Å²) >= 11 is 7.52. The molecule has 0 saturated carbocycles. The van der Waals surface area contributed by atoms with Crippen molar-refractivity contribution in [3.8, 4) is 0 Å². The molecular weight excluding hydrogens is 306 g/mol. The van der Waals surface area contributed by atoms with Gasteiger partial charge in [0.2, 0.25) is 0 Å². The van der Waals surface area contributed by atoms with E-state index >= 15 is 0 Å². The lowest BCUT2D eigenvalue weighted by Crippen LogP contribution is -2.15. The summed E-state index contributed by atoms with van der Waals surface area (Å²) in [6.45, 7) is 2.77. The standard InChI is InChI=1S/C16H16ClNO2S/c1-11-9-13(5-3-12(11)4-8-16(19)20)18(2)10-14-6-7-15(17)21-14/h3-9H,10H2,1-2H3,(H,19,20). The van der Waals surface area contributed by atoms with Crippen LogP contribution < -0.4 is 4.90 Å². The third kappa shape index (κ3) is 4.34. The number of benzene rings is 1. The van der Waals surface area contributed by atoms with E-state index in [9.17, 15) is 4.79 Å². The lowest BCUT2D eigenvalue weighted by atomic mass is 10.1. The summed E-state index contributed by atoms with van der Waals surface area (Å²) in [4.78, 5) is 13.9. The van der Waals surface area contributed by atoms with Gasteiger partial charge in [0, 0.05) is 23.7 Å². The van der Waals surface area contributed by atoms with E-state index in [0.29, 0.717) is 0 Å². The fourth-order valence-corrected chi connectivity index (χ4v) is 3.15. The van der Waals surface area contributed by atoms with Gasteiger partial charge in [-0.05, 0) is 48.4 Å². The van der Waals surface area contributed by atoms with Crippen LogP contribution in [0.3, 0.4) is 0 Å². The van der Waals surface area contributed by atoms with E-state index < -0.39 is 5.97 Å². The number of rotatable bonds is 5. The molecule has 2 rings (SSSR count). The molecule has 0 spiro atoms. The predicted octanol–water partition coefficient (Wildman–Crippen LogP) is 4.44. The van der Waals surface area contributed by atoms with Crippen LogP contribution in [-0.2, 0) is 11.3 Å². The largest absolute Gasteiger partial charge is 0.478 e. The van der Waals surface area contributed by atoms with Crippen molar-refractivity contribution in [2.24, 2.45) is 0 Å². The average Bonchev–Trinajstić information content (AvgIpc) is 2.82. The van der Waals surface area contributed by atoms with E-state index in [1.165, 1.54) is 4.88 Å². The van der Waals surface area contributed by atoms with E-state index in [4.69, 9.17) is 16.7 Å². The van der Waals surface area contributed by atoms with Crippen LogP contribution in [0.5, 0.6) is 0 Å². The molecule has 0 fully saturated rings. The van der Waals surface area contributed by atoms with Crippen LogP contribution in [0.25, 0.3) is 6.08 Å². The van der Waals surface area contributed by atoms with Crippen molar-refractivity contribution in [2.45, 2.75) is 13.5 Å². The first-order chi connectivity index (χ1) is 9.95. The molecule has 0 saturated heterocycles. The minimum Gasteiger partial charge on any atom is -0.478 e. The fraction of sp³-hybridized carbons (Fsp3) is 0.188. The zero-order valence-corrected chi connectivity index (χ0v) is 13.4. The van der Waals surface area contributed by atoms with Gasteiger partial charge in [-0.1, -0.05) is 17.7 Å². The highest BCUT2D eigenvalue weighted by atomic mass is 35.5. The summed E-state index contributed by atoms with van der Waals surface area (Å²) in [6.07, 6.45) is 2.76. The van der Waals surface area contributed by atoms with E-state index in [1.807, 2.05) is 38.2 Å². The highest BCUT2D eigenvalue weighted by Crippen LogP contribution is 2.25. The van der Waals surface area contributed by atoms with Gasteiger partial charge < -0.3 is 10.0 Å². The molecule has 110 valence electrons. The van der Waals surface area contributed by atoms with Crippen molar-refractivity contribution in [2.75, 3.05) is 11.9 Å². The molecule has 0 aliphatic heterocycles. The summed E-state index contributed by atoms with van der Waals surface area (Å²) in [5.74, 6) is -0.940. The van der Waals surface area contributed by atoms with Gasteiger partial charge in [-0.15, -0.1) is 11.3 Å². The van der Waals surface area contributed by atoms with E-state index in [-0.39, 0.29) is 0 Å². The van der Waals surface area contributed by atoms with Gasteiger partial charge in [0.15, 0.2) is 0 Å². The number of hydrogen-bond acceptors (Lipinski definition) is 3. The number of carbonyl (C=O) groups is 1. The minimum absolute atomic E-state index is 0.793. The van der Waals surface area contributed by atoms with Gasteiger partial charge >= 0.3 is 5.97 Å². The maximum Gasteiger partial charge on any atom is 0.328 e. The van der Waals surface area contributed by atoms with Crippen LogP contribution in [0.4, 0.5) is 5.69 Å². The zero-order valence-electron chi connectivity index (χ0n) is 11.8. The molecule has 1 aromatic carbocycles. The molecule has 0 bridgehead atoms. The van der Waals surface area contributed by atoms with Crippen LogP contribution in [-0.4, -0.2) is 18.1 Å². The highest BCUT2D eigenvalue weighted by molar-refractivity contribution is 7.16. The van der Waals surface area contributed by atoms with Gasteiger partial charge in [-0.3, -0.25) is 0 Å². The SMILES string of the molecule is Cc1cc(N(C)Cc2ccc(Cl)s2)ccc1C=CC(=O)O. The Labute approximate surface area is 133 Å². The van der Waals surface area contributed by atoms with Crippen molar-refractivity contribution in [1.29, 1.82) is 0 Å². The number of carboxylic acids is 1. The summed E-state index contributed by atoms with van der Waals surface area (Å²) in [5, 5.41) is 8.67. The molecule has 0 atom stereocenters. The third-order valence-electron chi connectivity index (χ3n) is 3.12. The topological polar surface area (TPSA) is 40.5 Å². The van der Waals surface area contributed by atoms with Crippen LogP contribution in [0, 0.1) is 6.92 Å². The fourth-order valence-electron chi connectivity index (χ4n) is 2.01. The van der Waals surface area contributed by atoms with Crippen LogP contribution in [0.1, 0.15) is 16.0 Å². The number of aryl methyl sites for hydroxylation is 1. The first-order valence-electron chi connectivity index (χ1n) is 6.42.